The van der Waals surface area contributed by atoms with Gasteiger partial charge in [-0.3, -0.25) is 14.7 Å². The lowest BCUT2D eigenvalue weighted by Crippen LogP contribution is -2.27. The zero-order valence-electron chi connectivity index (χ0n) is 19.9. The molecule has 0 saturated heterocycles. The third kappa shape index (κ3) is 3.81. The van der Waals surface area contributed by atoms with Gasteiger partial charge in [-0.2, -0.15) is 0 Å². The lowest BCUT2D eigenvalue weighted by Gasteiger charge is -2.24. The summed E-state index contributed by atoms with van der Waals surface area (Å²) < 4.78 is 5.90. The van der Waals surface area contributed by atoms with Crippen LogP contribution in [-0.4, -0.2) is 54.1 Å². The first-order valence-electron chi connectivity index (χ1n) is 11.5. The molecule has 0 unspecified atom stereocenters. The first-order valence-corrected chi connectivity index (χ1v) is 11.5. The molecule has 5 heterocycles. The number of pyridine rings is 3. The van der Waals surface area contributed by atoms with Gasteiger partial charge in [-0.1, -0.05) is 6.07 Å². The first kappa shape index (κ1) is 22.1. The van der Waals surface area contributed by atoms with Crippen molar-refractivity contribution in [1.29, 1.82) is 0 Å². The zero-order chi connectivity index (χ0) is 23.8. The van der Waals surface area contributed by atoms with E-state index in [1.807, 2.05) is 38.4 Å². The van der Waals surface area contributed by atoms with Crippen LogP contribution in [0.2, 0.25) is 0 Å². The van der Waals surface area contributed by atoms with E-state index in [0.29, 0.717) is 36.8 Å². The van der Waals surface area contributed by atoms with E-state index in [2.05, 4.69) is 34.4 Å². The minimum Gasteiger partial charge on any atom is -0.489 e. The van der Waals surface area contributed by atoms with Crippen LogP contribution in [-0.2, 0) is 13.1 Å². The number of aromatic nitrogens is 3. The minimum absolute atomic E-state index is 0.0658. The van der Waals surface area contributed by atoms with E-state index >= 15 is 0 Å². The monoisotopic (exact) mass is 459 g/mol. The topological polar surface area (TPSA) is 95.5 Å². The number of carbonyl (C=O) groups excluding carboxylic acids is 1. The highest BCUT2D eigenvalue weighted by Crippen LogP contribution is 2.38. The molecule has 0 aliphatic carbocycles. The second kappa shape index (κ2) is 8.90. The van der Waals surface area contributed by atoms with E-state index in [4.69, 9.17) is 14.7 Å². The number of fused-ring (bicyclic) bond motifs is 2. The Kier molecular flexibility index (Phi) is 5.79. The molecule has 0 spiro atoms. The van der Waals surface area contributed by atoms with Crippen LogP contribution in [0.25, 0.3) is 11.3 Å². The van der Waals surface area contributed by atoms with Gasteiger partial charge in [0.05, 0.1) is 40.9 Å². The van der Waals surface area contributed by atoms with Crippen molar-refractivity contribution in [3.05, 3.63) is 53.5 Å². The molecule has 2 N–H and O–H groups in total. The summed E-state index contributed by atoms with van der Waals surface area (Å²) in [7, 11) is 3.88. The van der Waals surface area contributed by atoms with Gasteiger partial charge in [-0.25, -0.2) is 9.97 Å². The normalized spacial score (nSPS) is 14.5. The van der Waals surface area contributed by atoms with Gasteiger partial charge in [0.1, 0.15) is 18.2 Å². The molecular weight excluding hydrogens is 430 g/mol. The molecule has 0 bridgehead atoms. The van der Waals surface area contributed by atoms with Gasteiger partial charge in [0.25, 0.3) is 5.91 Å². The van der Waals surface area contributed by atoms with Crippen molar-refractivity contribution >= 4 is 23.2 Å². The van der Waals surface area contributed by atoms with Crippen LogP contribution in [0.5, 0.6) is 5.75 Å². The fourth-order valence-electron chi connectivity index (χ4n) is 4.27. The van der Waals surface area contributed by atoms with Crippen LogP contribution in [0.1, 0.15) is 35.5 Å². The quantitative estimate of drug-likeness (QED) is 0.581. The summed E-state index contributed by atoms with van der Waals surface area (Å²) in [5, 5.41) is 6.49. The van der Waals surface area contributed by atoms with Gasteiger partial charge in [-0.05, 0) is 39.1 Å². The van der Waals surface area contributed by atoms with Gasteiger partial charge < -0.3 is 20.3 Å². The highest BCUT2D eigenvalue weighted by atomic mass is 16.5. The lowest BCUT2D eigenvalue weighted by molar-refractivity contribution is 0.0996. The Labute approximate surface area is 199 Å². The van der Waals surface area contributed by atoms with Crippen molar-refractivity contribution in [2.24, 2.45) is 0 Å². The molecule has 34 heavy (non-hydrogen) atoms. The number of hydrogen-bond donors (Lipinski definition) is 2. The minimum atomic E-state index is -0.0658. The Balaban J connectivity index is 1.52. The molecule has 3 aromatic heterocycles. The Bertz CT molecular complexity index is 1240. The number of anilines is 3. The summed E-state index contributed by atoms with van der Waals surface area (Å²) in [6, 6.07) is 7.85. The second-order valence-electron chi connectivity index (χ2n) is 8.80. The largest absolute Gasteiger partial charge is 0.489 e. The van der Waals surface area contributed by atoms with Crippen molar-refractivity contribution in [2.75, 3.05) is 42.4 Å². The number of rotatable bonds is 6. The molecule has 5 rings (SSSR count). The molecule has 2 aliphatic heterocycles. The third-order valence-electron chi connectivity index (χ3n) is 6.32. The Morgan fingerprint density at radius 2 is 2.09 bits per heavy atom. The zero-order valence-corrected chi connectivity index (χ0v) is 19.9. The molecule has 176 valence electrons. The van der Waals surface area contributed by atoms with Crippen molar-refractivity contribution in [3.63, 3.8) is 0 Å². The van der Waals surface area contributed by atoms with Crippen molar-refractivity contribution in [1.82, 2.24) is 20.3 Å². The fourth-order valence-corrected chi connectivity index (χ4v) is 4.27. The maximum Gasteiger partial charge on any atom is 0.260 e. The highest BCUT2D eigenvalue weighted by molar-refractivity contribution is 6.10. The summed E-state index contributed by atoms with van der Waals surface area (Å²) in [4.78, 5) is 31.4. The summed E-state index contributed by atoms with van der Waals surface area (Å²) >= 11 is 0. The number of carbonyl (C=O) groups is 1. The number of nitrogens with one attached hydrogen (secondary N) is 2. The van der Waals surface area contributed by atoms with E-state index in [0.717, 1.165) is 40.6 Å². The van der Waals surface area contributed by atoms with E-state index in [-0.39, 0.29) is 11.9 Å². The molecule has 0 fully saturated rings. The van der Waals surface area contributed by atoms with Gasteiger partial charge in [0.2, 0.25) is 0 Å². The maximum atomic E-state index is 13.6. The molecular formula is C25H29N7O2. The van der Waals surface area contributed by atoms with Crippen molar-refractivity contribution in [3.8, 4) is 17.0 Å². The molecule has 1 amide bonds. The number of ether oxygens (including phenoxy) is 1. The molecule has 0 aromatic carbocycles. The van der Waals surface area contributed by atoms with Crippen LogP contribution < -0.4 is 25.2 Å². The van der Waals surface area contributed by atoms with Crippen LogP contribution in [0.4, 0.5) is 17.3 Å². The number of nitrogens with zero attached hydrogens (tertiary/aromatic N) is 5. The Morgan fingerprint density at radius 1 is 1.24 bits per heavy atom. The summed E-state index contributed by atoms with van der Waals surface area (Å²) in [6.07, 6.45) is 3.51. The predicted molar refractivity (Wildman–Crippen MR) is 133 cm³/mol. The Morgan fingerprint density at radius 3 is 2.88 bits per heavy atom. The van der Waals surface area contributed by atoms with E-state index in [1.165, 1.54) is 0 Å². The smallest absolute Gasteiger partial charge is 0.260 e. The predicted octanol–water partition coefficient (Wildman–Crippen LogP) is 3.07. The van der Waals surface area contributed by atoms with Crippen LogP contribution in [0.15, 0.2) is 36.7 Å². The van der Waals surface area contributed by atoms with Crippen LogP contribution >= 0.6 is 0 Å². The van der Waals surface area contributed by atoms with Gasteiger partial charge in [0.15, 0.2) is 5.75 Å². The molecule has 9 heteroatoms. The van der Waals surface area contributed by atoms with Gasteiger partial charge in [-0.15, -0.1) is 0 Å². The van der Waals surface area contributed by atoms with E-state index < -0.39 is 0 Å². The van der Waals surface area contributed by atoms with Gasteiger partial charge in [0, 0.05) is 37.9 Å². The highest BCUT2D eigenvalue weighted by Gasteiger charge is 2.33. The fraction of sp³-hybridized carbons (Fsp3) is 0.360. The van der Waals surface area contributed by atoms with Crippen molar-refractivity contribution < 1.29 is 9.53 Å². The lowest BCUT2D eigenvalue weighted by atomic mass is 10.1. The molecule has 0 atom stereocenters. The van der Waals surface area contributed by atoms with Crippen molar-refractivity contribution in [2.45, 2.75) is 33.0 Å². The van der Waals surface area contributed by atoms with E-state index in [9.17, 15) is 4.79 Å². The summed E-state index contributed by atoms with van der Waals surface area (Å²) in [5.41, 5.74) is 4.87. The average Bonchev–Trinajstić information content (AvgIpc) is 3.20. The number of hydrogen-bond acceptors (Lipinski definition) is 8. The summed E-state index contributed by atoms with van der Waals surface area (Å²) in [5.74, 6) is 2.06. The first-order chi connectivity index (χ1) is 16.5. The molecule has 0 radical (unpaired) electrons. The van der Waals surface area contributed by atoms with Crippen LogP contribution in [0, 0.1) is 0 Å². The maximum absolute atomic E-state index is 13.6. The standard InChI is InChI=1S/C25H29N7O2/c1-15(2)31(4)23-10-16-18(20(30-23)12-26-3)14-32(25(16)33)22-7-5-6-19(29-22)17-11-27-13-21-24(17)34-9-8-28-21/h5-7,10-11,13,15,26,28H,8-9,12,14H2,1-4H3. The second-order valence-corrected chi connectivity index (χ2v) is 8.80. The molecule has 0 saturated carbocycles. The number of amides is 1. The molecule has 3 aromatic rings. The van der Waals surface area contributed by atoms with Gasteiger partial charge >= 0.3 is 0 Å². The Hall–Kier alpha value is -3.72. The van der Waals surface area contributed by atoms with Crippen LogP contribution in [0.3, 0.4) is 0 Å². The average molecular weight is 460 g/mol. The van der Waals surface area contributed by atoms with E-state index in [1.54, 1.807) is 17.3 Å². The third-order valence-corrected chi connectivity index (χ3v) is 6.32. The molecule has 9 nitrogen and oxygen atoms in total. The molecule has 2 aliphatic rings. The summed E-state index contributed by atoms with van der Waals surface area (Å²) in [6.45, 7) is 6.55. The SMILES string of the molecule is CNCc1nc(N(C)C(C)C)cc2c1CN(c1cccc(-c3cncc4c3OCCN4)n1)C2=O.